The number of ether oxygens (including phenoxy) is 1. The van der Waals surface area contributed by atoms with Crippen molar-refractivity contribution in [1.29, 1.82) is 0 Å². The van der Waals surface area contributed by atoms with Crippen LogP contribution in [0.4, 0.5) is 0 Å². The summed E-state index contributed by atoms with van der Waals surface area (Å²) in [6.45, 7) is 2.30. The SMILES string of the molecule is CCCCCCCCOCC(=O)[C@]1(O)Cc2c(O)c3c(c(O)c2C(Br)C1)C(=O)c1ccccc1C3=O. The molecular formula is C28H31BrO7. The molecule has 0 saturated carbocycles. The molecule has 7 nitrogen and oxygen atoms in total. The van der Waals surface area contributed by atoms with Crippen molar-refractivity contribution in [2.45, 2.75) is 68.7 Å². The van der Waals surface area contributed by atoms with E-state index in [2.05, 4.69) is 22.9 Å². The van der Waals surface area contributed by atoms with Crippen LogP contribution in [0, 0.1) is 0 Å². The Morgan fingerprint density at radius 2 is 1.58 bits per heavy atom. The number of rotatable bonds is 10. The molecule has 2 aromatic carbocycles. The summed E-state index contributed by atoms with van der Waals surface area (Å²) in [6, 6.07) is 6.23. The highest BCUT2D eigenvalue weighted by Crippen LogP contribution is 2.52. The minimum absolute atomic E-state index is 0.0756. The Bertz CT molecular complexity index is 1200. The summed E-state index contributed by atoms with van der Waals surface area (Å²) in [5.41, 5.74) is -1.85. The van der Waals surface area contributed by atoms with Gasteiger partial charge in [-0.25, -0.2) is 0 Å². The van der Waals surface area contributed by atoms with Crippen molar-refractivity contribution in [2.75, 3.05) is 13.2 Å². The molecule has 0 saturated heterocycles. The van der Waals surface area contributed by atoms with Crippen LogP contribution in [0.1, 0.15) is 99.7 Å². The average molecular weight is 559 g/mol. The molecule has 2 aliphatic rings. The molecule has 3 N–H and O–H groups in total. The second-order valence-electron chi connectivity index (χ2n) is 9.67. The molecule has 0 radical (unpaired) electrons. The summed E-state index contributed by atoms with van der Waals surface area (Å²) in [5.74, 6) is -2.59. The predicted octanol–water partition coefficient (Wildman–Crippen LogP) is 4.93. The lowest BCUT2D eigenvalue weighted by Gasteiger charge is -2.37. The summed E-state index contributed by atoms with van der Waals surface area (Å²) in [7, 11) is 0. The number of carbonyl (C=O) groups is 3. The summed E-state index contributed by atoms with van der Waals surface area (Å²) in [6.07, 6.45) is 6.15. The quantitative estimate of drug-likeness (QED) is 0.183. The van der Waals surface area contributed by atoms with Gasteiger partial charge in [0.15, 0.2) is 17.3 Å². The molecule has 0 fully saturated rings. The lowest BCUT2D eigenvalue weighted by molar-refractivity contribution is -0.143. The lowest BCUT2D eigenvalue weighted by atomic mass is 9.73. The fourth-order valence-electron chi connectivity index (χ4n) is 5.16. The Kier molecular flexibility index (Phi) is 7.97. The Hall–Kier alpha value is -2.55. The van der Waals surface area contributed by atoms with Crippen LogP contribution in [0.25, 0.3) is 0 Å². The second kappa shape index (κ2) is 10.8. The van der Waals surface area contributed by atoms with E-state index >= 15 is 0 Å². The van der Waals surface area contributed by atoms with Crippen molar-refractivity contribution in [2.24, 2.45) is 0 Å². The van der Waals surface area contributed by atoms with Crippen LogP contribution in [0.5, 0.6) is 11.5 Å². The largest absolute Gasteiger partial charge is 0.507 e. The first-order valence-electron chi connectivity index (χ1n) is 12.5. The van der Waals surface area contributed by atoms with Gasteiger partial charge in [0.25, 0.3) is 0 Å². The van der Waals surface area contributed by atoms with Crippen LogP contribution in [0.3, 0.4) is 0 Å². The number of aliphatic hydroxyl groups is 1. The molecule has 0 aliphatic heterocycles. The predicted molar refractivity (Wildman–Crippen MR) is 137 cm³/mol. The number of aromatic hydroxyl groups is 2. The number of unbranched alkanes of at least 4 members (excludes halogenated alkanes) is 5. The van der Waals surface area contributed by atoms with Gasteiger partial charge < -0.3 is 20.1 Å². The van der Waals surface area contributed by atoms with Crippen LogP contribution in [-0.4, -0.2) is 51.5 Å². The van der Waals surface area contributed by atoms with E-state index in [4.69, 9.17) is 4.74 Å². The van der Waals surface area contributed by atoms with Gasteiger partial charge in [0, 0.05) is 46.5 Å². The fraction of sp³-hybridized carbons (Fsp3) is 0.464. The summed E-state index contributed by atoms with van der Waals surface area (Å²) in [4.78, 5) is 38.6. The Morgan fingerprint density at radius 3 is 2.22 bits per heavy atom. The number of phenolic OH excluding ortho intramolecular Hbond substituents is 2. The molecule has 0 bridgehead atoms. The van der Waals surface area contributed by atoms with E-state index in [9.17, 15) is 29.7 Å². The van der Waals surface area contributed by atoms with Gasteiger partial charge >= 0.3 is 0 Å². The van der Waals surface area contributed by atoms with E-state index in [1.54, 1.807) is 12.1 Å². The Morgan fingerprint density at radius 1 is 1.00 bits per heavy atom. The molecule has 0 spiro atoms. The highest BCUT2D eigenvalue weighted by atomic mass is 79.9. The van der Waals surface area contributed by atoms with Gasteiger partial charge in [-0.3, -0.25) is 14.4 Å². The zero-order chi connectivity index (χ0) is 26.0. The van der Waals surface area contributed by atoms with E-state index in [0.717, 1.165) is 19.3 Å². The molecule has 0 amide bonds. The third-order valence-electron chi connectivity index (χ3n) is 7.15. The molecule has 2 aliphatic carbocycles. The van der Waals surface area contributed by atoms with Crippen LogP contribution in [-0.2, 0) is 16.0 Å². The highest BCUT2D eigenvalue weighted by Gasteiger charge is 2.47. The van der Waals surface area contributed by atoms with E-state index in [1.165, 1.54) is 31.4 Å². The monoisotopic (exact) mass is 558 g/mol. The normalized spacial score (nSPS) is 20.6. The lowest BCUT2D eigenvalue weighted by Crippen LogP contribution is -2.46. The van der Waals surface area contributed by atoms with Gasteiger partial charge in [-0.15, -0.1) is 0 Å². The first-order valence-corrected chi connectivity index (χ1v) is 13.4. The average Bonchev–Trinajstić information content (AvgIpc) is 2.85. The van der Waals surface area contributed by atoms with Crippen LogP contribution in [0.2, 0.25) is 0 Å². The first-order chi connectivity index (χ1) is 17.2. The van der Waals surface area contributed by atoms with E-state index < -0.39 is 39.3 Å². The van der Waals surface area contributed by atoms with Gasteiger partial charge in [-0.05, 0) is 6.42 Å². The van der Waals surface area contributed by atoms with Crippen molar-refractivity contribution in [3.05, 3.63) is 57.6 Å². The number of Topliss-reactive ketones (excluding diaryl/α,β-unsaturated/α-hetero) is 1. The smallest absolute Gasteiger partial charge is 0.198 e. The van der Waals surface area contributed by atoms with Crippen molar-refractivity contribution in [3.63, 3.8) is 0 Å². The van der Waals surface area contributed by atoms with Gasteiger partial charge in [0.2, 0.25) is 0 Å². The van der Waals surface area contributed by atoms with Crippen molar-refractivity contribution in [1.82, 2.24) is 0 Å². The molecule has 0 heterocycles. The van der Waals surface area contributed by atoms with Crippen molar-refractivity contribution >= 4 is 33.3 Å². The fourth-order valence-corrected chi connectivity index (χ4v) is 6.19. The number of ketones is 3. The minimum atomic E-state index is -1.86. The number of hydrogen-bond donors (Lipinski definition) is 3. The van der Waals surface area contributed by atoms with Crippen molar-refractivity contribution in [3.8, 4) is 11.5 Å². The van der Waals surface area contributed by atoms with Gasteiger partial charge in [-0.1, -0.05) is 79.2 Å². The number of halogens is 1. The third-order valence-corrected chi connectivity index (χ3v) is 7.94. The van der Waals surface area contributed by atoms with E-state index in [0.29, 0.717) is 6.61 Å². The molecule has 36 heavy (non-hydrogen) atoms. The third kappa shape index (κ3) is 4.74. The number of alkyl halides is 1. The number of fused-ring (bicyclic) bond motifs is 3. The maximum atomic E-state index is 13.2. The summed E-state index contributed by atoms with van der Waals surface area (Å²) < 4.78 is 5.52. The molecule has 4 rings (SSSR count). The van der Waals surface area contributed by atoms with Crippen LogP contribution < -0.4 is 0 Å². The molecular weight excluding hydrogens is 528 g/mol. The molecule has 192 valence electrons. The maximum Gasteiger partial charge on any atom is 0.198 e. The number of phenols is 2. The number of benzene rings is 2. The molecule has 2 atom stereocenters. The summed E-state index contributed by atoms with van der Waals surface area (Å²) in [5, 5.41) is 33.4. The minimum Gasteiger partial charge on any atom is -0.507 e. The Balaban J connectivity index is 1.55. The number of hydrogen-bond acceptors (Lipinski definition) is 7. The zero-order valence-corrected chi connectivity index (χ0v) is 21.9. The van der Waals surface area contributed by atoms with Crippen LogP contribution in [0.15, 0.2) is 24.3 Å². The molecule has 2 aromatic rings. The maximum absolute atomic E-state index is 13.2. The van der Waals surface area contributed by atoms with E-state index in [-0.39, 0.29) is 52.8 Å². The van der Waals surface area contributed by atoms with Crippen LogP contribution >= 0.6 is 15.9 Å². The zero-order valence-electron chi connectivity index (χ0n) is 20.3. The molecule has 1 unspecified atom stereocenters. The van der Waals surface area contributed by atoms with Gasteiger partial charge in [0.1, 0.15) is 23.7 Å². The second-order valence-corrected chi connectivity index (χ2v) is 10.8. The standard InChI is InChI=1S/C28H31BrO7/c1-2-3-4-5-6-9-12-36-15-20(30)28(35)13-18-21(19(29)14-28)27(34)23-22(26(18)33)24(31)16-10-7-8-11-17(16)25(23)32/h7-8,10-11,19,33-35H,2-6,9,12-15H2,1H3/t19?,28-/m0/s1. The van der Waals surface area contributed by atoms with E-state index in [1.807, 2.05) is 0 Å². The van der Waals surface area contributed by atoms with Gasteiger partial charge in [0.05, 0.1) is 11.1 Å². The summed E-state index contributed by atoms with van der Waals surface area (Å²) >= 11 is 3.41. The number of carbonyl (C=O) groups excluding carboxylic acids is 3. The van der Waals surface area contributed by atoms with Crippen molar-refractivity contribution < 1.29 is 34.4 Å². The first kappa shape index (κ1) is 26.5. The molecule has 0 aromatic heterocycles. The molecule has 8 heteroatoms. The topological polar surface area (TPSA) is 121 Å². The Labute approximate surface area is 218 Å². The highest BCUT2D eigenvalue weighted by molar-refractivity contribution is 9.09. The van der Waals surface area contributed by atoms with Gasteiger partial charge in [-0.2, -0.15) is 0 Å².